The number of benzene rings is 1. The minimum atomic E-state index is -0.245. The number of aryl methyl sites for hydroxylation is 1. The number of hydrogen-bond donors (Lipinski definition) is 0. The maximum Gasteiger partial charge on any atom is 0.137 e. The summed E-state index contributed by atoms with van der Waals surface area (Å²) in [5, 5.41) is 0. The summed E-state index contributed by atoms with van der Waals surface area (Å²) in [5.41, 5.74) is 1.77. The van der Waals surface area contributed by atoms with Crippen molar-refractivity contribution in [1.82, 2.24) is 0 Å². The lowest BCUT2D eigenvalue weighted by atomic mass is 10.0. The van der Waals surface area contributed by atoms with Crippen LogP contribution in [0.3, 0.4) is 0 Å². The quantitative estimate of drug-likeness (QED) is 0.698. The molecule has 13 heavy (non-hydrogen) atoms. The van der Waals surface area contributed by atoms with Crippen LogP contribution in [0.1, 0.15) is 24.5 Å². The average molecular weight is 180 g/mol. The number of ketones is 1. The van der Waals surface area contributed by atoms with Gasteiger partial charge < -0.3 is 0 Å². The van der Waals surface area contributed by atoms with Crippen LogP contribution in [0.2, 0.25) is 0 Å². The first-order valence-corrected chi connectivity index (χ1v) is 4.40. The van der Waals surface area contributed by atoms with Gasteiger partial charge >= 0.3 is 0 Å². The predicted octanol–water partition coefficient (Wildman–Crippen LogP) is 2.66. The van der Waals surface area contributed by atoms with Crippen LogP contribution in [0.25, 0.3) is 0 Å². The second-order valence-corrected chi connectivity index (χ2v) is 3.14. The number of hydrogen-bond acceptors (Lipinski definition) is 1. The summed E-state index contributed by atoms with van der Waals surface area (Å²) in [7, 11) is 0. The molecular weight excluding hydrogens is 167 g/mol. The summed E-state index contributed by atoms with van der Waals surface area (Å²) < 4.78 is 12.7. The second kappa shape index (κ2) is 4.17. The topological polar surface area (TPSA) is 17.1 Å². The van der Waals surface area contributed by atoms with E-state index in [1.165, 1.54) is 12.1 Å². The van der Waals surface area contributed by atoms with Gasteiger partial charge in [-0.3, -0.25) is 4.79 Å². The lowest BCUT2D eigenvalue weighted by molar-refractivity contribution is -0.118. The van der Waals surface area contributed by atoms with Crippen LogP contribution in [0, 0.1) is 12.7 Å². The van der Waals surface area contributed by atoms with Crippen molar-refractivity contribution in [3.8, 4) is 0 Å². The van der Waals surface area contributed by atoms with E-state index in [1.54, 1.807) is 6.07 Å². The molecule has 1 aromatic rings. The maximum atomic E-state index is 12.7. The zero-order chi connectivity index (χ0) is 9.84. The number of carbonyl (C=O) groups is 1. The van der Waals surface area contributed by atoms with Gasteiger partial charge in [0.25, 0.3) is 0 Å². The zero-order valence-electron chi connectivity index (χ0n) is 7.93. The van der Waals surface area contributed by atoms with Crippen molar-refractivity contribution in [2.75, 3.05) is 0 Å². The first-order valence-electron chi connectivity index (χ1n) is 4.40. The Morgan fingerprint density at radius 3 is 2.69 bits per heavy atom. The highest BCUT2D eigenvalue weighted by atomic mass is 19.1. The van der Waals surface area contributed by atoms with E-state index < -0.39 is 0 Å². The van der Waals surface area contributed by atoms with Gasteiger partial charge in [0, 0.05) is 12.8 Å². The van der Waals surface area contributed by atoms with Crippen molar-refractivity contribution in [3.63, 3.8) is 0 Å². The number of Topliss-reactive ketones (excluding diaryl/α,β-unsaturated/α-hetero) is 1. The summed E-state index contributed by atoms with van der Waals surface area (Å²) in [6, 6.07) is 4.53. The predicted molar refractivity (Wildman–Crippen MR) is 50.1 cm³/mol. The van der Waals surface area contributed by atoms with Crippen LogP contribution in [0.5, 0.6) is 0 Å². The van der Waals surface area contributed by atoms with Crippen molar-refractivity contribution in [1.29, 1.82) is 0 Å². The first kappa shape index (κ1) is 9.90. The molecule has 70 valence electrons. The van der Waals surface area contributed by atoms with Gasteiger partial charge in [0.1, 0.15) is 11.6 Å². The van der Waals surface area contributed by atoms with Crippen LogP contribution < -0.4 is 0 Å². The molecule has 0 aliphatic rings. The van der Waals surface area contributed by atoms with Gasteiger partial charge in [-0.15, -0.1) is 0 Å². The Bertz CT molecular complexity index is 318. The van der Waals surface area contributed by atoms with Crippen molar-refractivity contribution in [2.45, 2.75) is 26.7 Å². The van der Waals surface area contributed by atoms with E-state index in [0.717, 1.165) is 11.1 Å². The molecule has 0 radical (unpaired) electrons. The SMILES string of the molecule is CCC(=O)Cc1ccc(F)cc1C. The molecule has 0 aliphatic carbocycles. The summed E-state index contributed by atoms with van der Waals surface area (Å²) in [6.07, 6.45) is 0.958. The normalized spacial score (nSPS) is 10.1. The lowest BCUT2D eigenvalue weighted by Gasteiger charge is -2.03. The van der Waals surface area contributed by atoms with Crippen LogP contribution in [-0.4, -0.2) is 5.78 Å². The molecule has 0 spiro atoms. The van der Waals surface area contributed by atoms with Gasteiger partial charge in [0.2, 0.25) is 0 Å². The van der Waals surface area contributed by atoms with E-state index in [2.05, 4.69) is 0 Å². The highest BCUT2D eigenvalue weighted by Gasteiger charge is 2.04. The van der Waals surface area contributed by atoms with Gasteiger partial charge in [0.05, 0.1) is 0 Å². The molecule has 0 saturated carbocycles. The van der Waals surface area contributed by atoms with Crippen LogP contribution in [0.4, 0.5) is 4.39 Å². The molecule has 0 aliphatic heterocycles. The molecule has 0 heterocycles. The van der Waals surface area contributed by atoms with Gasteiger partial charge in [-0.2, -0.15) is 0 Å². The molecule has 0 amide bonds. The van der Waals surface area contributed by atoms with Crippen LogP contribution >= 0.6 is 0 Å². The monoisotopic (exact) mass is 180 g/mol. The van der Waals surface area contributed by atoms with Gasteiger partial charge in [-0.1, -0.05) is 13.0 Å². The second-order valence-electron chi connectivity index (χ2n) is 3.14. The molecule has 0 aromatic heterocycles. The minimum Gasteiger partial charge on any atom is -0.299 e. The van der Waals surface area contributed by atoms with Crippen molar-refractivity contribution >= 4 is 5.78 Å². The molecule has 0 atom stereocenters. The highest BCUT2D eigenvalue weighted by Crippen LogP contribution is 2.11. The van der Waals surface area contributed by atoms with Gasteiger partial charge in [-0.25, -0.2) is 4.39 Å². The fraction of sp³-hybridized carbons (Fsp3) is 0.364. The third-order valence-electron chi connectivity index (χ3n) is 2.09. The molecule has 0 saturated heterocycles. The van der Waals surface area contributed by atoms with Gasteiger partial charge in [0.15, 0.2) is 0 Å². The summed E-state index contributed by atoms with van der Waals surface area (Å²) in [6.45, 7) is 3.66. The Balaban J connectivity index is 2.83. The molecule has 1 rings (SSSR count). The summed E-state index contributed by atoms with van der Waals surface area (Å²) in [5.74, 6) is -0.0556. The third kappa shape index (κ3) is 2.65. The van der Waals surface area contributed by atoms with E-state index in [1.807, 2.05) is 13.8 Å². The fourth-order valence-corrected chi connectivity index (χ4v) is 1.20. The summed E-state index contributed by atoms with van der Waals surface area (Å²) in [4.78, 5) is 11.1. The molecular formula is C11H13FO. The Kier molecular flexibility index (Phi) is 3.18. The molecule has 0 N–H and O–H groups in total. The molecule has 1 aromatic carbocycles. The molecule has 2 heteroatoms. The Morgan fingerprint density at radius 2 is 2.15 bits per heavy atom. The Labute approximate surface area is 77.6 Å². The number of carbonyl (C=O) groups excluding carboxylic acids is 1. The summed E-state index contributed by atoms with van der Waals surface area (Å²) >= 11 is 0. The average Bonchev–Trinajstić information content (AvgIpc) is 2.09. The van der Waals surface area contributed by atoms with E-state index in [9.17, 15) is 9.18 Å². The largest absolute Gasteiger partial charge is 0.299 e. The molecule has 0 fully saturated rings. The van der Waals surface area contributed by atoms with E-state index >= 15 is 0 Å². The van der Waals surface area contributed by atoms with Crippen molar-refractivity contribution in [3.05, 3.63) is 35.1 Å². The molecule has 1 nitrogen and oxygen atoms in total. The smallest absolute Gasteiger partial charge is 0.137 e. The minimum absolute atomic E-state index is 0.190. The van der Waals surface area contributed by atoms with Crippen molar-refractivity contribution < 1.29 is 9.18 Å². The van der Waals surface area contributed by atoms with E-state index in [4.69, 9.17) is 0 Å². The first-order chi connectivity index (χ1) is 6.13. The zero-order valence-corrected chi connectivity index (χ0v) is 7.93. The third-order valence-corrected chi connectivity index (χ3v) is 2.09. The Hall–Kier alpha value is -1.18. The van der Waals surface area contributed by atoms with Crippen molar-refractivity contribution in [2.24, 2.45) is 0 Å². The maximum absolute atomic E-state index is 12.7. The number of rotatable bonds is 3. The van der Waals surface area contributed by atoms with E-state index in [0.29, 0.717) is 12.8 Å². The fourth-order valence-electron chi connectivity index (χ4n) is 1.20. The van der Waals surface area contributed by atoms with E-state index in [-0.39, 0.29) is 11.6 Å². The highest BCUT2D eigenvalue weighted by molar-refractivity contribution is 5.80. The standard InChI is InChI=1S/C11H13FO/c1-3-11(13)7-9-4-5-10(12)6-8(9)2/h4-6H,3,7H2,1-2H3. The Morgan fingerprint density at radius 1 is 1.46 bits per heavy atom. The lowest BCUT2D eigenvalue weighted by Crippen LogP contribution is -2.02. The van der Waals surface area contributed by atoms with Gasteiger partial charge in [-0.05, 0) is 30.2 Å². The molecule has 0 unspecified atom stereocenters. The van der Waals surface area contributed by atoms with Crippen LogP contribution in [-0.2, 0) is 11.2 Å². The number of halogens is 1. The van der Waals surface area contributed by atoms with Crippen LogP contribution in [0.15, 0.2) is 18.2 Å². The molecule has 0 bridgehead atoms.